The molecule has 0 amide bonds. The van der Waals surface area contributed by atoms with Gasteiger partial charge in [-0.05, 0) is 26.2 Å². The quantitative estimate of drug-likeness (QED) is 0.712. The number of unbranched alkanes of at least 4 members (excludes halogenated alkanes) is 1. The molecule has 4 heteroatoms. The van der Waals surface area contributed by atoms with Crippen LogP contribution in [-0.4, -0.2) is 37.2 Å². The highest BCUT2D eigenvalue weighted by molar-refractivity contribution is 8.13. The average molecular weight is 216 g/mol. The normalized spacial score (nSPS) is 25.0. The van der Waals surface area contributed by atoms with Crippen molar-refractivity contribution in [1.29, 1.82) is 0 Å². The third kappa shape index (κ3) is 4.86. The Bertz CT molecular complexity index is 185. The molecule has 1 unspecified atom stereocenters. The van der Waals surface area contributed by atoms with Crippen LogP contribution in [0.1, 0.15) is 26.2 Å². The summed E-state index contributed by atoms with van der Waals surface area (Å²) in [7, 11) is 1.74. The van der Waals surface area contributed by atoms with Crippen molar-refractivity contribution in [3.63, 3.8) is 0 Å². The van der Waals surface area contributed by atoms with Gasteiger partial charge in [-0.3, -0.25) is 4.99 Å². The van der Waals surface area contributed by atoms with E-state index in [0.717, 1.165) is 31.2 Å². The van der Waals surface area contributed by atoms with Gasteiger partial charge in [0.15, 0.2) is 5.17 Å². The number of thioether (sulfide) groups is 1. The minimum absolute atomic E-state index is 0.592. The zero-order valence-electron chi connectivity index (χ0n) is 9.08. The topological polar surface area (TPSA) is 33.6 Å². The molecule has 1 aliphatic rings. The fourth-order valence-corrected chi connectivity index (χ4v) is 2.42. The van der Waals surface area contributed by atoms with Crippen molar-refractivity contribution >= 4 is 16.9 Å². The lowest BCUT2D eigenvalue weighted by molar-refractivity contribution is 0.193. The molecule has 3 nitrogen and oxygen atoms in total. The fraction of sp³-hybridized carbons (Fsp3) is 0.900. The van der Waals surface area contributed by atoms with E-state index in [4.69, 9.17) is 4.74 Å². The maximum absolute atomic E-state index is 4.98. The van der Waals surface area contributed by atoms with Crippen LogP contribution in [0, 0.1) is 0 Å². The van der Waals surface area contributed by atoms with E-state index in [9.17, 15) is 0 Å². The molecule has 0 aromatic rings. The highest BCUT2D eigenvalue weighted by atomic mass is 32.2. The molecular formula is C10H20N2OS. The Morgan fingerprint density at radius 1 is 1.57 bits per heavy atom. The second kappa shape index (κ2) is 7.12. The molecule has 1 N–H and O–H groups in total. The first-order valence-corrected chi connectivity index (χ1v) is 6.24. The van der Waals surface area contributed by atoms with Crippen LogP contribution in [0.25, 0.3) is 0 Å². The van der Waals surface area contributed by atoms with Gasteiger partial charge in [0, 0.05) is 32.1 Å². The van der Waals surface area contributed by atoms with Gasteiger partial charge in [-0.15, -0.1) is 0 Å². The fourth-order valence-electron chi connectivity index (χ4n) is 1.29. The number of ether oxygens (including phenoxy) is 1. The second-order valence-electron chi connectivity index (χ2n) is 3.57. The summed E-state index contributed by atoms with van der Waals surface area (Å²) >= 11 is 1.84. The third-order valence-corrected chi connectivity index (χ3v) is 3.13. The summed E-state index contributed by atoms with van der Waals surface area (Å²) in [4.78, 5) is 4.52. The van der Waals surface area contributed by atoms with Crippen molar-refractivity contribution in [1.82, 2.24) is 5.32 Å². The number of nitrogens with zero attached hydrogens (tertiary/aromatic N) is 1. The third-order valence-electron chi connectivity index (χ3n) is 2.17. The molecule has 1 atom stereocenters. The van der Waals surface area contributed by atoms with Gasteiger partial charge in [0.25, 0.3) is 0 Å². The molecule has 0 saturated carbocycles. The van der Waals surface area contributed by atoms with Gasteiger partial charge >= 0.3 is 0 Å². The van der Waals surface area contributed by atoms with E-state index in [1.165, 1.54) is 12.2 Å². The highest BCUT2D eigenvalue weighted by Gasteiger charge is 2.11. The molecule has 1 saturated heterocycles. The van der Waals surface area contributed by atoms with Crippen molar-refractivity contribution in [3.8, 4) is 0 Å². The van der Waals surface area contributed by atoms with Crippen LogP contribution in [0.3, 0.4) is 0 Å². The van der Waals surface area contributed by atoms with Crippen LogP contribution in [0.5, 0.6) is 0 Å². The number of methoxy groups -OCH3 is 1. The SMILES string of the molecule is COCCCCN=C1NC(C)CCS1. The van der Waals surface area contributed by atoms with Gasteiger partial charge in [0.05, 0.1) is 0 Å². The highest BCUT2D eigenvalue weighted by Crippen LogP contribution is 2.13. The van der Waals surface area contributed by atoms with E-state index in [0.29, 0.717) is 6.04 Å². The molecule has 1 fully saturated rings. The molecule has 82 valence electrons. The Morgan fingerprint density at radius 3 is 3.14 bits per heavy atom. The predicted molar refractivity (Wildman–Crippen MR) is 63.1 cm³/mol. The first-order chi connectivity index (χ1) is 6.83. The number of hydrogen-bond donors (Lipinski definition) is 1. The molecule has 0 aromatic heterocycles. The molecule has 1 aliphatic heterocycles. The van der Waals surface area contributed by atoms with Crippen LogP contribution >= 0.6 is 11.8 Å². The summed E-state index contributed by atoms with van der Waals surface area (Å²) in [5, 5.41) is 4.51. The lowest BCUT2D eigenvalue weighted by Gasteiger charge is -2.21. The Morgan fingerprint density at radius 2 is 2.43 bits per heavy atom. The van der Waals surface area contributed by atoms with Gasteiger partial charge in [0.1, 0.15) is 0 Å². The molecule has 0 aliphatic carbocycles. The molecule has 0 spiro atoms. The van der Waals surface area contributed by atoms with E-state index < -0.39 is 0 Å². The maximum atomic E-state index is 4.98. The number of rotatable bonds is 5. The van der Waals surface area contributed by atoms with Crippen molar-refractivity contribution in [3.05, 3.63) is 0 Å². The van der Waals surface area contributed by atoms with Crippen LogP contribution < -0.4 is 5.32 Å². The van der Waals surface area contributed by atoms with Gasteiger partial charge in [-0.1, -0.05) is 11.8 Å². The minimum Gasteiger partial charge on any atom is -0.385 e. The number of amidine groups is 1. The Hall–Kier alpha value is -0.220. The molecule has 1 heterocycles. The Labute approximate surface area is 90.7 Å². The van der Waals surface area contributed by atoms with Gasteiger partial charge < -0.3 is 10.1 Å². The second-order valence-corrected chi connectivity index (χ2v) is 4.65. The molecule has 0 bridgehead atoms. The molecule has 14 heavy (non-hydrogen) atoms. The average Bonchev–Trinajstić information content (AvgIpc) is 2.18. The molecular weight excluding hydrogens is 196 g/mol. The summed E-state index contributed by atoms with van der Waals surface area (Å²) < 4.78 is 4.98. The molecule has 0 aromatic carbocycles. The van der Waals surface area contributed by atoms with E-state index in [2.05, 4.69) is 17.2 Å². The monoisotopic (exact) mass is 216 g/mol. The van der Waals surface area contributed by atoms with E-state index in [1.807, 2.05) is 11.8 Å². The smallest absolute Gasteiger partial charge is 0.156 e. The summed E-state index contributed by atoms with van der Waals surface area (Å²) in [5.74, 6) is 1.20. The summed E-state index contributed by atoms with van der Waals surface area (Å²) in [6.45, 7) is 3.98. The predicted octanol–water partition coefficient (Wildman–Crippen LogP) is 1.88. The standard InChI is InChI=1S/C10H20N2OS/c1-9-5-8-14-10(12-9)11-6-3-4-7-13-2/h9H,3-8H2,1-2H3,(H,11,12). The number of nitrogens with one attached hydrogen (secondary N) is 1. The number of hydrogen-bond acceptors (Lipinski definition) is 3. The van der Waals surface area contributed by atoms with Crippen molar-refractivity contribution in [2.45, 2.75) is 32.2 Å². The zero-order chi connectivity index (χ0) is 10.2. The molecule has 0 radical (unpaired) electrons. The zero-order valence-corrected chi connectivity index (χ0v) is 9.90. The van der Waals surface area contributed by atoms with Crippen molar-refractivity contribution in [2.24, 2.45) is 4.99 Å². The summed E-state index contributed by atoms with van der Waals surface area (Å²) in [6.07, 6.45) is 3.47. The lowest BCUT2D eigenvalue weighted by Crippen LogP contribution is -2.35. The van der Waals surface area contributed by atoms with Crippen LogP contribution in [-0.2, 0) is 4.74 Å². The van der Waals surface area contributed by atoms with Crippen LogP contribution in [0.2, 0.25) is 0 Å². The van der Waals surface area contributed by atoms with Crippen molar-refractivity contribution < 1.29 is 4.74 Å². The van der Waals surface area contributed by atoms with Gasteiger partial charge in [-0.25, -0.2) is 0 Å². The lowest BCUT2D eigenvalue weighted by atomic mass is 10.3. The molecule has 1 rings (SSSR count). The first-order valence-electron chi connectivity index (χ1n) is 5.25. The minimum atomic E-state index is 0.592. The van der Waals surface area contributed by atoms with Crippen molar-refractivity contribution in [2.75, 3.05) is 26.0 Å². The van der Waals surface area contributed by atoms with E-state index in [1.54, 1.807) is 7.11 Å². The van der Waals surface area contributed by atoms with Crippen LogP contribution in [0.4, 0.5) is 0 Å². The van der Waals surface area contributed by atoms with E-state index >= 15 is 0 Å². The summed E-state index contributed by atoms with van der Waals surface area (Å²) in [5.41, 5.74) is 0. The first kappa shape index (κ1) is 11.9. The Kier molecular flexibility index (Phi) is 6.03. The Balaban J connectivity index is 2.10. The van der Waals surface area contributed by atoms with Gasteiger partial charge in [-0.2, -0.15) is 0 Å². The summed E-state index contributed by atoms with van der Waals surface area (Å²) in [6, 6.07) is 0.592. The maximum Gasteiger partial charge on any atom is 0.156 e. The largest absolute Gasteiger partial charge is 0.385 e. The van der Waals surface area contributed by atoms with Crippen LogP contribution in [0.15, 0.2) is 4.99 Å². The van der Waals surface area contributed by atoms with E-state index in [-0.39, 0.29) is 0 Å². The van der Waals surface area contributed by atoms with Gasteiger partial charge in [0.2, 0.25) is 0 Å². The number of aliphatic imine (C=N–C) groups is 1.